The molecule has 0 radical (unpaired) electrons. The standard InChI is InChI=1S/C19H18F2N2O6S/c1-29-16-6-4-13(9-14(16)19(25)26)30(27,28)22-12-3-5-15-11(8-12)2-7-18(24)23(15)10-17(20)21/h3-6,8-9,17,22H,2,7,10H2,1H3,(H,25,26). The topological polar surface area (TPSA) is 113 Å². The van der Waals surface area contributed by atoms with E-state index < -0.39 is 34.9 Å². The zero-order chi connectivity index (χ0) is 22.1. The second kappa shape index (κ2) is 8.27. The minimum absolute atomic E-state index is 0.0130. The molecule has 2 aromatic carbocycles. The molecule has 0 fully saturated rings. The maximum atomic E-state index is 12.8. The number of rotatable bonds is 7. The minimum Gasteiger partial charge on any atom is -0.496 e. The molecule has 0 unspecified atom stereocenters. The number of fused-ring (bicyclic) bond motifs is 1. The molecule has 1 aliphatic heterocycles. The zero-order valence-electron chi connectivity index (χ0n) is 15.8. The average molecular weight is 440 g/mol. The molecule has 8 nitrogen and oxygen atoms in total. The predicted molar refractivity (Wildman–Crippen MR) is 104 cm³/mol. The number of alkyl halides is 2. The van der Waals surface area contributed by atoms with E-state index in [0.717, 1.165) is 11.0 Å². The van der Waals surface area contributed by atoms with Crippen molar-refractivity contribution in [3.8, 4) is 5.75 Å². The molecule has 0 aromatic heterocycles. The van der Waals surface area contributed by atoms with Gasteiger partial charge in [-0.05, 0) is 48.4 Å². The first kappa shape index (κ1) is 21.5. The number of hydrogen-bond acceptors (Lipinski definition) is 5. The van der Waals surface area contributed by atoms with Crippen molar-refractivity contribution in [2.45, 2.75) is 24.2 Å². The molecule has 0 spiro atoms. The molecule has 30 heavy (non-hydrogen) atoms. The van der Waals surface area contributed by atoms with Crippen LogP contribution in [-0.2, 0) is 21.2 Å². The molecule has 3 rings (SSSR count). The van der Waals surface area contributed by atoms with Crippen LogP contribution in [0.1, 0.15) is 22.3 Å². The minimum atomic E-state index is -4.13. The van der Waals surface area contributed by atoms with Crippen LogP contribution in [0.3, 0.4) is 0 Å². The van der Waals surface area contributed by atoms with Crippen LogP contribution in [-0.4, -0.2) is 45.5 Å². The van der Waals surface area contributed by atoms with Gasteiger partial charge < -0.3 is 14.7 Å². The zero-order valence-corrected chi connectivity index (χ0v) is 16.6. The second-order valence-corrected chi connectivity index (χ2v) is 8.19. The Labute approximate surface area is 171 Å². The number of carboxylic acids is 1. The Morgan fingerprint density at radius 1 is 1.23 bits per heavy atom. The number of carbonyl (C=O) groups excluding carboxylic acids is 1. The van der Waals surface area contributed by atoms with E-state index in [9.17, 15) is 31.9 Å². The normalized spacial score (nSPS) is 13.9. The quantitative estimate of drug-likeness (QED) is 0.685. The van der Waals surface area contributed by atoms with Gasteiger partial charge in [-0.2, -0.15) is 0 Å². The number of halogens is 2. The Morgan fingerprint density at radius 3 is 2.60 bits per heavy atom. The Kier molecular flexibility index (Phi) is 5.92. The highest BCUT2D eigenvalue weighted by molar-refractivity contribution is 7.92. The SMILES string of the molecule is COc1ccc(S(=O)(=O)Nc2ccc3c(c2)CCC(=O)N3CC(F)F)cc1C(=O)O. The molecule has 0 saturated carbocycles. The summed E-state index contributed by atoms with van der Waals surface area (Å²) in [7, 11) is -2.87. The molecule has 160 valence electrons. The van der Waals surface area contributed by atoms with Gasteiger partial charge in [0.1, 0.15) is 11.3 Å². The highest BCUT2D eigenvalue weighted by atomic mass is 32.2. The van der Waals surface area contributed by atoms with Gasteiger partial charge in [-0.15, -0.1) is 0 Å². The molecule has 0 saturated heterocycles. The third-order valence-corrected chi connectivity index (χ3v) is 5.94. The summed E-state index contributed by atoms with van der Waals surface area (Å²) in [6.45, 7) is -0.735. The third kappa shape index (κ3) is 4.35. The maximum Gasteiger partial charge on any atom is 0.339 e. The Balaban J connectivity index is 1.91. The Hall–Kier alpha value is -3.21. The van der Waals surface area contributed by atoms with E-state index in [1.165, 1.54) is 37.4 Å². The number of aromatic carboxylic acids is 1. The van der Waals surface area contributed by atoms with E-state index in [4.69, 9.17) is 4.74 Å². The summed E-state index contributed by atoms with van der Waals surface area (Å²) in [5.74, 6) is -1.75. The number of carboxylic acid groups (broad SMARTS) is 1. The number of benzene rings is 2. The summed E-state index contributed by atoms with van der Waals surface area (Å²) in [4.78, 5) is 24.0. The number of sulfonamides is 1. The molecule has 2 N–H and O–H groups in total. The smallest absolute Gasteiger partial charge is 0.339 e. The van der Waals surface area contributed by atoms with Gasteiger partial charge in [-0.3, -0.25) is 9.52 Å². The van der Waals surface area contributed by atoms with Gasteiger partial charge in [0.2, 0.25) is 5.91 Å². The van der Waals surface area contributed by atoms with Crippen LogP contribution in [0.15, 0.2) is 41.3 Å². The number of ether oxygens (including phenoxy) is 1. The van der Waals surface area contributed by atoms with Crippen molar-refractivity contribution in [1.29, 1.82) is 0 Å². The van der Waals surface area contributed by atoms with Crippen LogP contribution in [0.4, 0.5) is 20.2 Å². The van der Waals surface area contributed by atoms with Crippen LogP contribution in [0, 0.1) is 0 Å². The first-order valence-electron chi connectivity index (χ1n) is 8.78. The molecular formula is C19H18F2N2O6S. The number of methoxy groups -OCH3 is 1. The fraction of sp³-hybridized carbons (Fsp3) is 0.263. The molecule has 1 amide bonds. The van der Waals surface area contributed by atoms with Crippen LogP contribution in [0.2, 0.25) is 0 Å². The number of carbonyl (C=O) groups is 2. The lowest BCUT2D eigenvalue weighted by Crippen LogP contribution is -2.38. The lowest BCUT2D eigenvalue weighted by atomic mass is 10.0. The van der Waals surface area contributed by atoms with Crippen molar-refractivity contribution in [3.63, 3.8) is 0 Å². The van der Waals surface area contributed by atoms with Gasteiger partial charge in [0, 0.05) is 17.8 Å². The number of nitrogens with one attached hydrogen (secondary N) is 1. The van der Waals surface area contributed by atoms with E-state index in [-0.39, 0.29) is 34.7 Å². The molecular weight excluding hydrogens is 422 g/mol. The van der Waals surface area contributed by atoms with E-state index in [1.54, 1.807) is 0 Å². The van der Waals surface area contributed by atoms with Crippen LogP contribution in [0.25, 0.3) is 0 Å². The number of amides is 1. The van der Waals surface area contributed by atoms with Gasteiger partial charge in [0.25, 0.3) is 16.4 Å². The van der Waals surface area contributed by atoms with Crippen molar-refractivity contribution in [3.05, 3.63) is 47.5 Å². The van der Waals surface area contributed by atoms with Crippen molar-refractivity contribution >= 4 is 33.3 Å². The molecule has 1 aliphatic rings. The summed E-state index contributed by atoms with van der Waals surface area (Å²) in [5.41, 5.74) is 0.711. The Bertz CT molecular complexity index is 1100. The summed E-state index contributed by atoms with van der Waals surface area (Å²) >= 11 is 0. The number of nitrogens with zero attached hydrogens (tertiary/aromatic N) is 1. The van der Waals surface area contributed by atoms with E-state index >= 15 is 0 Å². The van der Waals surface area contributed by atoms with Crippen LogP contribution in [0.5, 0.6) is 5.75 Å². The van der Waals surface area contributed by atoms with Gasteiger partial charge >= 0.3 is 5.97 Å². The van der Waals surface area contributed by atoms with Gasteiger partial charge in [0.15, 0.2) is 0 Å². The van der Waals surface area contributed by atoms with E-state index in [0.29, 0.717) is 11.3 Å². The molecule has 2 aromatic rings. The fourth-order valence-corrected chi connectivity index (χ4v) is 4.27. The number of anilines is 2. The first-order valence-corrected chi connectivity index (χ1v) is 10.3. The molecule has 1 heterocycles. The number of hydrogen-bond donors (Lipinski definition) is 2. The largest absolute Gasteiger partial charge is 0.496 e. The summed E-state index contributed by atoms with van der Waals surface area (Å²) in [6, 6.07) is 7.65. The van der Waals surface area contributed by atoms with Gasteiger partial charge in [-0.1, -0.05) is 0 Å². The highest BCUT2D eigenvalue weighted by Gasteiger charge is 2.27. The molecule has 0 aliphatic carbocycles. The lowest BCUT2D eigenvalue weighted by molar-refractivity contribution is -0.119. The van der Waals surface area contributed by atoms with Crippen molar-refractivity contribution < 1.29 is 36.6 Å². The lowest BCUT2D eigenvalue weighted by Gasteiger charge is -2.29. The number of aryl methyl sites for hydroxylation is 1. The average Bonchev–Trinajstić information content (AvgIpc) is 2.69. The monoisotopic (exact) mass is 440 g/mol. The van der Waals surface area contributed by atoms with Crippen molar-refractivity contribution in [2.75, 3.05) is 23.3 Å². The van der Waals surface area contributed by atoms with Crippen molar-refractivity contribution in [1.82, 2.24) is 0 Å². The maximum absolute atomic E-state index is 12.8. The van der Waals surface area contributed by atoms with Gasteiger partial charge in [-0.25, -0.2) is 22.0 Å². The second-order valence-electron chi connectivity index (χ2n) is 6.51. The predicted octanol–water partition coefficient (Wildman–Crippen LogP) is 2.74. The fourth-order valence-electron chi connectivity index (χ4n) is 3.20. The summed E-state index contributed by atoms with van der Waals surface area (Å²) in [6.07, 6.45) is -2.37. The van der Waals surface area contributed by atoms with E-state index in [2.05, 4.69) is 4.72 Å². The molecule has 0 atom stereocenters. The highest BCUT2D eigenvalue weighted by Crippen LogP contribution is 2.32. The van der Waals surface area contributed by atoms with Gasteiger partial charge in [0.05, 0.1) is 18.6 Å². The third-order valence-electron chi connectivity index (χ3n) is 4.56. The Morgan fingerprint density at radius 2 is 1.97 bits per heavy atom. The van der Waals surface area contributed by atoms with Crippen LogP contribution < -0.4 is 14.4 Å². The summed E-state index contributed by atoms with van der Waals surface area (Å²) in [5, 5.41) is 9.24. The molecule has 0 bridgehead atoms. The van der Waals surface area contributed by atoms with Crippen LogP contribution >= 0.6 is 0 Å². The summed E-state index contributed by atoms with van der Waals surface area (Å²) < 4.78 is 58.2. The van der Waals surface area contributed by atoms with E-state index in [1.807, 2.05) is 0 Å². The van der Waals surface area contributed by atoms with Crippen molar-refractivity contribution in [2.24, 2.45) is 0 Å². The first-order chi connectivity index (χ1) is 14.1. The molecule has 11 heteroatoms.